The average molecular weight is 311 g/mol. The van der Waals surface area contributed by atoms with Gasteiger partial charge in [-0.25, -0.2) is 9.97 Å². The van der Waals surface area contributed by atoms with Gasteiger partial charge in [0.25, 0.3) is 0 Å². The van der Waals surface area contributed by atoms with Gasteiger partial charge < -0.3 is 10.2 Å². The maximum atomic E-state index is 12.3. The maximum absolute atomic E-state index is 12.3. The molecule has 1 saturated carbocycles. The number of rotatable bonds is 4. The van der Waals surface area contributed by atoms with Crippen molar-refractivity contribution >= 4 is 22.8 Å². The van der Waals surface area contributed by atoms with E-state index in [1.165, 1.54) is 12.8 Å². The standard InChI is InChI=1S/C17H21N5O/c23-17(21-9-12-3-4-12)13-2-1-7-22(11-13)14-8-15-16(20-10-14)19-6-5-18-15/h5-6,8,10,12-13H,1-4,7,9,11H2,(H,21,23)/t13-/m1/s1. The zero-order valence-electron chi connectivity index (χ0n) is 13.1. The van der Waals surface area contributed by atoms with Crippen LogP contribution in [0.25, 0.3) is 11.2 Å². The SMILES string of the molecule is O=C(NCC1CC1)[C@@H]1CCCN(c2cnc3nccnc3c2)C1. The van der Waals surface area contributed by atoms with Gasteiger partial charge in [-0.2, -0.15) is 0 Å². The Morgan fingerprint density at radius 2 is 2.09 bits per heavy atom. The number of piperidine rings is 1. The number of nitrogens with zero attached hydrogens (tertiary/aromatic N) is 4. The summed E-state index contributed by atoms with van der Waals surface area (Å²) in [6, 6.07) is 2.01. The number of carbonyl (C=O) groups is 1. The van der Waals surface area contributed by atoms with Gasteiger partial charge >= 0.3 is 0 Å². The fourth-order valence-corrected chi connectivity index (χ4v) is 3.16. The summed E-state index contributed by atoms with van der Waals surface area (Å²) in [6.45, 7) is 2.56. The molecule has 0 radical (unpaired) electrons. The van der Waals surface area contributed by atoms with E-state index in [-0.39, 0.29) is 11.8 Å². The van der Waals surface area contributed by atoms with E-state index in [0.29, 0.717) is 5.65 Å². The van der Waals surface area contributed by atoms with Gasteiger partial charge in [-0.3, -0.25) is 9.78 Å². The smallest absolute Gasteiger partial charge is 0.224 e. The first-order valence-electron chi connectivity index (χ1n) is 8.39. The molecule has 1 amide bonds. The zero-order chi connectivity index (χ0) is 15.6. The molecule has 1 N–H and O–H groups in total. The Morgan fingerprint density at radius 1 is 1.22 bits per heavy atom. The fraction of sp³-hybridized carbons (Fsp3) is 0.529. The Morgan fingerprint density at radius 3 is 2.96 bits per heavy atom. The quantitative estimate of drug-likeness (QED) is 0.932. The molecule has 2 aromatic heterocycles. The van der Waals surface area contributed by atoms with Gasteiger partial charge in [-0.15, -0.1) is 0 Å². The highest BCUT2D eigenvalue weighted by Crippen LogP contribution is 2.28. The van der Waals surface area contributed by atoms with Crippen molar-refractivity contribution in [2.75, 3.05) is 24.5 Å². The minimum absolute atomic E-state index is 0.0695. The van der Waals surface area contributed by atoms with E-state index in [0.717, 1.165) is 49.6 Å². The Kier molecular flexibility index (Phi) is 3.81. The molecule has 0 bridgehead atoms. The molecule has 0 unspecified atom stereocenters. The van der Waals surface area contributed by atoms with Crippen LogP contribution in [0.3, 0.4) is 0 Å². The second-order valence-corrected chi connectivity index (χ2v) is 6.57. The monoisotopic (exact) mass is 311 g/mol. The van der Waals surface area contributed by atoms with E-state index in [2.05, 4.69) is 25.2 Å². The molecule has 2 fully saturated rings. The summed E-state index contributed by atoms with van der Waals surface area (Å²) in [4.78, 5) is 27.5. The van der Waals surface area contributed by atoms with Crippen LogP contribution in [-0.2, 0) is 4.79 Å². The highest BCUT2D eigenvalue weighted by Gasteiger charge is 2.28. The lowest BCUT2D eigenvalue weighted by molar-refractivity contribution is -0.125. The predicted octanol–water partition coefficient (Wildman–Crippen LogP) is 1.77. The molecule has 1 aliphatic carbocycles. The van der Waals surface area contributed by atoms with Crippen molar-refractivity contribution in [1.29, 1.82) is 0 Å². The first kappa shape index (κ1) is 14.4. The molecule has 1 atom stereocenters. The number of fused-ring (bicyclic) bond motifs is 1. The van der Waals surface area contributed by atoms with Gasteiger partial charge in [-0.05, 0) is 37.7 Å². The third-order valence-corrected chi connectivity index (χ3v) is 4.73. The molecule has 23 heavy (non-hydrogen) atoms. The zero-order valence-corrected chi connectivity index (χ0v) is 13.1. The number of carbonyl (C=O) groups excluding carboxylic acids is 1. The summed E-state index contributed by atoms with van der Waals surface area (Å²) in [5.41, 5.74) is 2.48. The number of hydrogen-bond donors (Lipinski definition) is 1. The lowest BCUT2D eigenvalue weighted by Crippen LogP contribution is -2.43. The van der Waals surface area contributed by atoms with E-state index >= 15 is 0 Å². The molecule has 6 nitrogen and oxygen atoms in total. The minimum atomic E-state index is 0.0695. The molecule has 1 aliphatic heterocycles. The van der Waals surface area contributed by atoms with Crippen LogP contribution < -0.4 is 10.2 Å². The maximum Gasteiger partial charge on any atom is 0.224 e. The van der Waals surface area contributed by atoms with Gasteiger partial charge in [0, 0.05) is 32.0 Å². The molecule has 1 saturated heterocycles. The molecule has 6 heteroatoms. The average Bonchev–Trinajstić information content (AvgIpc) is 3.44. The number of hydrogen-bond acceptors (Lipinski definition) is 5. The van der Waals surface area contributed by atoms with E-state index in [1.54, 1.807) is 12.4 Å². The highest BCUT2D eigenvalue weighted by atomic mass is 16.1. The Balaban J connectivity index is 1.45. The summed E-state index contributed by atoms with van der Waals surface area (Å²) < 4.78 is 0. The molecule has 120 valence electrons. The summed E-state index contributed by atoms with van der Waals surface area (Å²) in [5.74, 6) is 0.997. The van der Waals surface area contributed by atoms with Crippen molar-refractivity contribution in [2.45, 2.75) is 25.7 Å². The number of anilines is 1. The minimum Gasteiger partial charge on any atom is -0.369 e. The molecule has 2 aliphatic rings. The Bertz CT molecular complexity index is 715. The van der Waals surface area contributed by atoms with Crippen molar-refractivity contribution < 1.29 is 4.79 Å². The Labute approximate surface area is 135 Å². The van der Waals surface area contributed by atoms with Gasteiger partial charge in [0.15, 0.2) is 5.65 Å². The number of nitrogens with one attached hydrogen (secondary N) is 1. The van der Waals surface area contributed by atoms with Crippen LogP contribution in [0.4, 0.5) is 5.69 Å². The molecule has 4 rings (SSSR count). The lowest BCUT2D eigenvalue weighted by atomic mass is 9.96. The van der Waals surface area contributed by atoms with E-state index in [4.69, 9.17) is 0 Å². The van der Waals surface area contributed by atoms with Crippen LogP contribution in [0.15, 0.2) is 24.7 Å². The van der Waals surface area contributed by atoms with Crippen LogP contribution in [-0.4, -0.2) is 40.5 Å². The third-order valence-electron chi connectivity index (χ3n) is 4.73. The lowest BCUT2D eigenvalue weighted by Gasteiger charge is -2.33. The van der Waals surface area contributed by atoms with Crippen LogP contribution in [0.1, 0.15) is 25.7 Å². The van der Waals surface area contributed by atoms with Gasteiger partial charge in [0.1, 0.15) is 5.52 Å². The summed E-state index contributed by atoms with van der Waals surface area (Å²) in [7, 11) is 0. The summed E-state index contributed by atoms with van der Waals surface area (Å²) in [5, 5.41) is 3.11. The summed E-state index contributed by atoms with van der Waals surface area (Å²) in [6.07, 6.45) is 9.69. The topological polar surface area (TPSA) is 71.0 Å². The molecular formula is C17H21N5O. The normalized spacial score (nSPS) is 21.4. The first-order chi connectivity index (χ1) is 11.3. The first-order valence-corrected chi connectivity index (χ1v) is 8.39. The molecular weight excluding hydrogens is 290 g/mol. The highest BCUT2D eigenvalue weighted by molar-refractivity contribution is 5.80. The second-order valence-electron chi connectivity index (χ2n) is 6.57. The predicted molar refractivity (Wildman–Crippen MR) is 88.0 cm³/mol. The van der Waals surface area contributed by atoms with E-state index in [9.17, 15) is 4.79 Å². The number of pyridine rings is 1. The molecule has 0 spiro atoms. The fourth-order valence-electron chi connectivity index (χ4n) is 3.16. The van der Waals surface area contributed by atoms with Crippen molar-refractivity contribution in [3.05, 3.63) is 24.7 Å². The van der Waals surface area contributed by atoms with Gasteiger partial charge in [-0.1, -0.05) is 0 Å². The summed E-state index contributed by atoms with van der Waals surface area (Å²) >= 11 is 0. The molecule has 2 aromatic rings. The largest absolute Gasteiger partial charge is 0.369 e. The second kappa shape index (κ2) is 6.10. The van der Waals surface area contributed by atoms with E-state index in [1.807, 2.05) is 12.3 Å². The number of aromatic nitrogens is 3. The number of amides is 1. The third kappa shape index (κ3) is 3.25. The van der Waals surface area contributed by atoms with Crippen LogP contribution >= 0.6 is 0 Å². The van der Waals surface area contributed by atoms with E-state index < -0.39 is 0 Å². The van der Waals surface area contributed by atoms with Crippen LogP contribution in [0.5, 0.6) is 0 Å². The van der Waals surface area contributed by atoms with Crippen molar-refractivity contribution in [2.24, 2.45) is 11.8 Å². The van der Waals surface area contributed by atoms with Crippen molar-refractivity contribution in [1.82, 2.24) is 20.3 Å². The van der Waals surface area contributed by atoms with Crippen molar-refractivity contribution in [3.63, 3.8) is 0 Å². The van der Waals surface area contributed by atoms with Crippen LogP contribution in [0.2, 0.25) is 0 Å². The van der Waals surface area contributed by atoms with Gasteiger partial charge in [0.05, 0.1) is 17.8 Å². The Hall–Kier alpha value is -2.24. The van der Waals surface area contributed by atoms with Gasteiger partial charge in [0.2, 0.25) is 5.91 Å². The van der Waals surface area contributed by atoms with Crippen LogP contribution in [0, 0.1) is 11.8 Å². The molecule has 0 aromatic carbocycles. The van der Waals surface area contributed by atoms with Crippen molar-refractivity contribution in [3.8, 4) is 0 Å². The molecule has 3 heterocycles.